The molecule has 0 amide bonds. The van der Waals surface area contributed by atoms with Crippen LogP contribution in [0.5, 0.6) is 0 Å². The third kappa shape index (κ3) is 2.31. The second-order valence-electron chi connectivity index (χ2n) is 5.53. The smallest absolute Gasteiger partial charge is 0.182 e. The van der Waals surface area contributed by atoms with E-state index in [1.165, 1.54) is 18.7 Å². The Morgan fingerprint density at radius 1 is 1.17 bits per heavy atom. The van der Waals surface area contributed by atoms with E-state index in [2.05, 4.69) is 19.9 Å². The highest BCUT2D eigenvalue weighted by Gasteiger charge is 2.34. The van der Waals surface area contributed by atoms with Crippen LogP contribution in [0.3, 0.4) is 0 Å². The van der Waals surface area contributed by atoms with Crippen molar-refractivity contribution in [3.8, 4) is 0 Å². The number of benzene rings is 1. The number of rotatable bonds is 2. The molecule has 0 radical (unpaired) electrons. The average Bonchev–Trinajstić information content (AvgIpc) is 3.16. The first-order chi connectivity index (χ1) is 11.1. The summed E-state index contributed by atoms with van der Waals surface area (Å²) in [4.78, 5) is 17.3. The molecule has 23 heavy (non-hydrogen) atoms. The van der Waals surface area contributed by atoms with Crippen molar-refractivity contribution in [2.75, 3.05) is 11.4 Å². The molecule has 3 aromatic rings. The Morgan fingerprint density at radius 2 is 2.04 bits per heavy atom. The van der Waals surface area contributed by atoms with Gasteiger partial charge in [0.2, 0.25) is 0 Å². The Balaban J connectivity index is 1.79. The average molecular weight is 317 g/mol. The van der Waals surface area contributed by atoms with Crippen LogP contribution >= 0.6 is 0 Å². The minimum absolute atomic E-state index is 0.304. The van der Waals surface area contributed by atoms with Gasteiger partial charge in [0.25, 0.3) is 0 Å². The number of hydrogen-bond acceptors (Lipinski definition) is 5. The summed E-state index contributed by atoms with van der Waals surface area (Å²) in [6.45, 7) is 0.342. The largest absolute Gasteiger partial charge is 0.391 e. The summed E-state index contributed by atoms with van der Waals surface area (Å²) in [6.07, 6.45) is 2.74. The predicted molar refractivity (Wildman–Crippen MR) is 78.8 cm³/mol. The second-order valence-corrected chi connectivity index (χ2v) is 5.53. The Labute approximate surface area is 129 Å². The van der Waals surface area contributed by atoms with Crippen molar-refractivity contribution < 1.29 is 13.9 Å². The number of hydrogen-bond donors (Lipinski definition) is 2. The van der Waals surface area contributed by atoms with E-state index in [1.807, 2.05) is 4.90 Å². The third-order valence-electron chi connectivity index (χ3n) is 4.08. The minimum atomic E-state index is -0.904. The topological polar surface area (TPSA) is 77.9 Å². The monoisotopic (exact) mass is 317 g/mol. The van der Waals surface area contributed by atoms with E-state index < -0.39 is 17.7 Å². The summed E-state index contributed by atoms with van der Waals surface area (Å²) in [5.74, 6) is -1.21. The normalized spacial score (nSPS) is 21.3. The van der Waals surface area contributed by atoms with Crippen LogP contribution in [0.4, 0.5) is 14.6 Å². The molecule has 118 valence electrons. The maximum atomic E-state index is 13.6. The van der Waals surface area contributed by atoms with Crippen LogP contribution in [-0.4, -0.2) is 37.7 Å². The van der Waals surface area contributed by atoms with Crippen LogP contribution in [-0.2, 0) is 0 Å². The molecule has 0 saturated carbocycles. The quantitative estimate of drug-likeness (QED) is 0.755. The second kappa shape index (κ2) is 5.24. The van der Waals surface area contributed by atoms with Gasteiger partial charge >= 0.3 is 0 Å². The van der Waals surface area contributed by atoms with Gasteiger partial charge in [-0.2, -0.15) is 0 Å². The Kier molecular flexibility index (Phi) is 3.19. The van der Waals surface area contributed by atoms with Crippen LogP contribution in [0, 0.1) is 11.6 Å². The van der Waals surface area contributed by atoms with Crippen LogP contribution in [0.1, 0.15) is 18.0 Å². The fourth-order valence-electron chi connectivity index (χ4n) is 3.05. The lowest BCUT2D eigenvalue weighted by Gasteiger charge is -2.25. The first-order valence-corrected chi connectivity index (χ1v) is 7.17. The zero-order chi connectivity index (χ0) is 16.0. The molecule has 1 fully saturated rings. The van der Waals surface area contributed by atoms with Crippen molar-refractivity contribution in [2.45, 2.75) is 18.6 Å². The van der Waals surface area contributed by atoms with Crippen molar-refractivity contribution >= 4 is 17.0 Å². The van der Waals surface area contributed by atoms with Crippen molar-refractivity contribution in [1.82, 2.24) is 19.9 Å². The number of nitrogens with one attached hydrogen (secondary N) is 1. The molecule has 1 aliphatic heterocycles. The van der Waals surface area contributed by atoms with E-state index >= 15 is 0 Å². The number of aromatic amines is 1. The summed E-state index contributed by atoms with van der Waals surface area (Å²) < 4.78 is 26.7. The van der Waals surface area contributed by atoms with Gasteiger partial charge in [-0.05, 0) is 24.1 Å². The minimum Gasteiger partial charge on any atom is -0.391 e. The zero-order valence-electron chi connectivity index (χ0n) is 11.9. The van der Waals surface area contributed by atoms with E-state index in [1.54, 1.807) is 0 Å². The fourth-order valence-corrected chi connectivity index (χ4v) is 3.05. The van der Waals surface area contributed by atoms with Gasteiger partial charge in [0.05, 0.1) is 18.5 Å². The van der Waals surface area contributed by atoms with Gasteiger partial charge in [-0.15, -0.1) is 0 Å². The molecule has 2 atom stereocenters. The van der Waals surface area contributed by atoms with Gasteiger partial charge in [0.15, 0.2) is 23.1 Å². The molecule has 2 N–H and O–H groups in total. The zero-order valence-corrected chi connectivity index (χ0v) is 11.9. The van der Waals surface area contributed by atoms with Crippen molar-refractivity contribution in [3.05, 3.63) is 48.1 Å². The fraction of sp³-hybridized carbons (Fsp3) is 0.267. The molecule has 0 bridgehead atoms. The Morgan fingerprint density at radius 3 is 2.87 bits per heavy atom. The van der Waals surface area contributed by atoms with E-state index in [-0.39, 0.29) is 6.04 Å². The molecule has 0 aliphatic carbocycles. The molecule has 4 rings (SSSR count). The first kappa shape index (κ1) is 14.0. The highest BCUT2D eigenvalue weighted by molar-refractivity contribution is 5.83. The van der Waals surface area contributed by atoms with Gasteiger partial charge < -0.3 is 15.0 Å². The molecule has 1 aliphatic rings. The third-order valence-corrected chi connectivity index (χ3v) is 4.08. The van der Waals surface area contributed by atoms with Crippen LogP contribution in [0.15, 0.2) is 30.9 Å². The van der Waals surface area contributed by atoms with Crippen LogP contribution in [0.2, 0.25) is 0 Å². The summed E-state index contributed by atoms with van der Waals surface area (Å²) in [5, 5.41) is 10.1. The van der Waals surface area contributed by atoms with E-state index in [0.717, 1.165) is 12.1 Å². The standard InChI is InChI=1S/C15H13F2N5O/c16-10-2-1-8(3-11(10)17)12-4-9(23)5-22(12)15-13-14(19-6-18-13)20-7-21-15/h1-3,6-7,9,12,23H,4-5H2,(H,18,19,20,21)/t9-,12+/m0/s1. The Bertz CT molecular complexity index is 868. The van der Waals surface area contributed by atoms with Gasteiger partial charge in [0.1, 0.15) is 11.8 Å². The summed E-state index contributed by atoms with van der Waals surface area (Å²) in [6, 6.07) is 3.48. The lowest BCUT2D eigenvalue weighted by Crippen LogP contribution is -2.25. The highest BCUT2D eigenvalue weighted by atomic mass is 19.2. The van der Waals surface area contributed by atoms with Crippen LogP contribution < -0.4 is 4.90 Å². The lowest BCUT2D eigenvalue weighted by molar-refractivity contribution is 0.194. The molecule has 1 saturated heterocycles. The van der Waals surface area contributed by atoms with Crippen molar-refractivity contribution in [1.29, 1.82) is 0 Å². The molecule has 8 heteroatoms. The summed E-state index contributed by atoms with van der Waals surface area (Å²) in [5.41, 5.74) is 1.75. The maximum Gasteiger partial charge on any atom is 0.182 e. The molecular formula is C15H13F2N5O. The molecule has 0 spiro atoms. The predicted octanol–water partition coefficient (Wildman–Crippen LogP) is 1.94. The van der Waals surface area contributed by atoms with Crippen molar-refractivity contribution in [3.63, 3.8) is 0 Å². The van der Waals surface area contributed by atoms with Crippen molar-refractivity contribution in [2.24, 2.45) is 0 Å². The number of fused-ring (bicyclic) bond motifs is 1. The SMILES string of the molecule is O[C@H]1C[C@H](c2ccc(F)c(F)c2)N(c2ncnc3nc[nH]c23)C1. The number of aliphatic hydroxyl groups excluding tert-OH is 1. The highest BCUT2D eigenvalue weighted by Crippen LogP contribution is 2.37. The first-order valence-electron chi connectivity index (χ1n) is 7.17. The number of H-pyrrole nitrogens is 1. The Hall–Kier alpha value is -2.61. The number of anilines is 1. The molecule has 3 heterocycles. The van der Waals surface area contributed by atoms with Gasteiger partial charge in [-0.1, -0.05) is 6.07 Å². The number of halogens is 2. The molecule has 1 aromatic carbocycles. The van der Waals surface area contributed by atoms with E-state index in [4.69, 9.17) is 0 Å². The van der Waals surface area contributed by atoms with E-state index in [9.17, 15) is 13.9 Å². The summed E-state index contributed by atoms with van der Waals surface area (Å²) in [7, 11) is 0. The number of aromatic nitrogens is 4. The number of imidazole rings is 1. The number of nitrogens with zero attached hydrogens (tertiary/aromatic N) is 4. The maximum absolute atomic E-state index is 13.6. The number of β-amino-alcohol motifs (C(OH)–C–C–N with tert-alkyl or cyclic N) is 1. The lowest BCUT2D eigenvalue weighted by atomic mass is 10.0. The molecular weight excluding hydrogens is 304 g/mol. The van der Waals surface area contributed by atoms with Gasteiger partial charge in [0, 0.05) is 6.54 Å². The summed E-state index contributed by atoms with van der Waals surface area (Å²) >= 11 is 0. The molecule has 6 nitrogen and oxygen atoms in total. The molecule has 2 aromatic heterocycles. The van der Waals surface area contributed by atoms with Crippen LogP contribution in [0.25, 0.3) is 11.2 Å². The molecule has 0 unspecified atom stereocenters. The number of aliphatic hydroxyl groups is 1. The van der Waals surface area contributed by atoms with Gasteiger partial charge in [-0.25, -0.2) is 23.7 Å². The van der Waals surface area contributed by atoms with Gasteiger partial charge in [-0.3, -0.25) is 0 Å². The van der Waals surface area contributed by atoms with E-state index in [0.29, 0.717) is 35.5 Å².